The number of nitrogens with zero attached hydrogens (tertiary/aromatic N) is 2. The smallest absolute Gasteiger partial charge is 0.318 e. The van der Waals surface area contributed by atoms with Gasteiger partial charge in [0.2, 0.25) is 5.91 Å². The van der Waals surface area contributed by atoms with Gasteiger partial charge in [-0.15, -0.1) is 0 Å². The van der Waals surface area contributed by atoms with E-state index in [1.165, 1.54) is 28.0 Å². The largest absolute Gasteiger partial charge is 0.488 e. The first-order valence-corrected chi connectivity index (χ1v) is 10.5. The minimum Gasteiger partial charge on any atom is -0.488 e. The van der Waals surface area contributed by atoms with Crippen molar-refractivity contribution < 1.29 is 27.9 Å². The van der Waals surface area contributed by atoms with E-state index in [1.54, 1.807) is 31.2 Å². The highest BCUT2D eigenvalue weighted by Gasteiger charge is 2.32. The van der Waals surface area contributed by atoms with E-state index < -0.39 is 36.9 Å². The molecule has 1 aliphatic heterocycles. The number of hydrogen-bond donors (Lipinski definition) is 2. The lowest BCUT2D eigenvalue weighted by Gasteiger charge is -2.29. The summed E-state index contributed by atoms with van der Waals surface area (Å²) in [6.45, 7) is 1.05. The molecule has 3 rings (SSSR count). The molecule has 0 fully saturated rings. The summed E-state index contributed by atoms with van der Waals surface area (Å²) in [5, 5.41) is 2.53. The van der Waals surface area contributed by atoms with Crippen molar-refractivity contribution in [2.45, 2.75) is 25.9 Å². The number of halogens is 3. The number of fused-ring (bicyclic) bond motifs is 1. The van der Waals surface area contributed by atoms with Crippen molar-refractivity contribution in [3.05, 3.63) is 58.6 Å². The Morgan fingerprint density at radius 3 is 2.64 bits per heavy atom. The van der Waals surface area contributed by atoms with Gasteiger partial charge in [-0.05, 0) is 36.8 Å². The first kappa shape index (κ1) is 24.2. The van der Waals surface area contributed by atoms with Crippen molar-refractivity contribution >= 4 is 35.1 Å². The maximum absolute atomic E-state index is 13.5. The van der Waals surface area contributed by atoms with E-state index in [-0.39, 0.29) is 36.0 Å². The van der Waals surface area contributed by atoms with Gasteiger partial charge in [0.25, 0.3) is 12.3 Å². The molecule has 0 unspecified atom stereocenters. The van der Waals surface area contributed by atoms with Gasteiger partial charge >= 0.3 is 6.03 Å². The predicted octanol–water partition coefficient (Wildman–Crippen LogP) is 3.03. The summed E-state index contributed by atoms with van der Waals surface area (Å²) in [7, 11) is 0. The number of para-hydroxylation sites is 1. The lowest BCUT2D eigenvalue weighted by Crippen LogP contribution is -2.49. The van der Waals surface area contributed by atoms with E-state index in [0.29, 0.717) is 5.69 Å². The van der Waals surface area contributed by atoms with Crippen molar-refractivity contribution in [3.63, 3.8) is 0 Å². The number of anilines is 1. The maximum atomic E-state index is 13.5. The highest BCUT2D eigenvalue weighted by atomic mass is 35.5. The van der Waals surface area contributed by atoms with Gasteiger partial charge in [-0.2, -0.15) is 0 Å². The van der Waals surface area contributed by atoms with Crippen LogP contribution in [0.15, 0.2) is 42.5 Å². The highest BCUT2D eigenvalue weighted by Crippen LogP contribution is 2.31. The first-order chi connectivity index (χ1) is 15.7. The third-order valence-corrected chi connectivity index (χ3v) is 5.38. The molecule has 1 atom stereocenters. The number of urea groups is 1. The molecule has 2 aromatic carbocycles. The van der Waals surface area contributed by atoms with Gasteiger partial charge in [-0.1, -0.05) is 29.8 Å². The SMILES string of the molecule is C[C@@H]1CN(C(=O)c2ccc(OCC(F)F)cc2Cl)c2ccccc2CN1C(=O)NCC(N)=O. The van der Waals surface area contributed by atoms with Gasteiger partial charge in [-0.25, -0.2) is 13.6 Å². The van der Waals surface area contributed by atoms with E-state index in [0.717, 1.165) is 5.56 Å². The molecule has 11 heteroatoms. The minimum atomic E-state index is -2.64. The average Bonchev–Trinajstić information content (AvgIpc) is 2.92. The normalized spacial score (nSPS) is 15.6. The molecule has 33 heavy (non-hydrogen) atoms. The van der Waals surface area contributed by atoms with Crippen LogP contribution >= 0.6 is 11.6 Å². The summed E-state index contributed by atoms with van der Waals surface area (Å²) in [4.78, 5) is 40.2. The van der Waals surface area contributed by atoms with E-state index in [1.807, 2.05) is 0 Å². The standard InChI is InChI=1S/C22H23ClF2N4O4/c1-13-10-29(21(31)16-7-6-15(8-17(16)23)33-12-19(24)25)18-5-3-2-4-14(18)11-28(13)22(32)27-9-20(26)30/h2-8,13,19H,9-12H2,1H3,(H2,26,30)(H,27,32)/t13-/m1/s1. The number of rotatable bonds is 6. The van der Waals surface area contributed by atoms with Gasteiger partial charge in [-0.3, -0.25) is 9.59 Å². The predicted molar refractivity (Wildman–Crippen MR) is 119 cm³/mol. The Bertz CT molecular complexity index is 1050. The van der Waals surface area contributed by atoms with Crippen LogP contribution < -0.4 is 20.7 Å². The number of nitrogens with two attached hydrogens (primary N) is 1. The number of nitrogens with one attached hydrogen (secondary N) is 1. The molecule has 4 amide bonds. The second kappa shape index (κ2) is 10.5. The highest BCUT2D eigenvalue weighted by molar-refractivity contribution is 6.34. The fourth-order valence-electron chi connectivity index (χ4n) is 3.50. The van der Waals surface area contributed by atoms with Crippen LogP contribution in [0.25, 0.3) is 0 Å². The van der Waals surface area contributed by atoms with Crippen molar-refractivity contribution in [2.75, 3.05) is 24.6 Å². The van der Waals surface area contributed by atoms with Crippen molar-refractivity contribution in [3.8, 4) is 5.75 Å². The van der Waals surface area contributed by atoms with Crippen LogP contribution in [0, 0.1) is 0 Å². The summed E-state index contributed by atoms with van der Waals surface area (Å²) < 4.78 is 29.7. The summed E-state index contributed by atoms with van der Waals surface area (Å²) in [5.41, 5.74) is 6.60. The molecule has 0 aromatic heterocycles. The summed E-state index contributed by atoms with van der Waals surface area (Å²) in [5.74, 6) is -0.962. The third kappa shape index (κ3) is 5.89. The molecule has 1 aliphatic rings. The Balaban J connectivity index is 1.88. The molecule has 0 radical (unpaired) electrons. The van der Waals surface area contributed by atoms with Crippen LogP contribution in [0.1, 0.15) is 22.8 Å². The molecule has 0 saturated carbocycles. The maximum Gasteiger partial charge on any atom is 0.318 e. The molecular formula is C22H23ClF2N4O4. The molecule has 0 aliphatic carbocycles. The minimum absolute atomic E-state index is 0.0530. The second-order valence-electron chi connectivity index (χ2n) is 7.49. The third-order valence-electron chi connectivity index (χ3n) is 5.07. The Morgan fingerprint density at radius 1 is 1.24 bits per heavy atom. The zero-order chi connectivity index (χ0) is 24.1. The molecule has 176 valence electrons. The Morgan fingerprint density at radius 2 is 1.97 bits per heavy atom. The fraction of sp³-hybridized carbons (Fsp3) is 0.318. The van der Waals surface area contributed by atoms with Gasteiger partial charge in [0.1, 0.15) is 12.4 Å². The zero-order valence-electron chi connectivity index (χ0n) is 17.8. The van der Waals surface area contributed by atoms with Crippen LogP contribution in [0.2, 0.25) is 5.02 Å². The summed E-state index contributed by atoms with van der Waals surface area (Å²) in [6, 6.07) is 10.4. The Labute approximate surface area is 194 Å². The number of alkyl halides is 2. The molecule has 3 N–H and O–H groups in total. The van der Waals surface area contributed by atoms with E-state index in [4.69, 9.17) is 22.1 Å². The van der Waals surface area contributed by atoms with E-state index >= 15 is 0 Å². The van der Waals surface area contributed by atoms with Crippen LogP contribution in [0.5, 0.6) is 5.75 Å². The summed E-state index contributed by atoms with van der Waals surface area (Å²) >= 11 is 6.28. The van der Waals surface area contributed by atoms with Crippen LogP contribution in [-0.4, -0.2) is 54.9 Å². The molecular weight excluding hydrogens is 458 g/mol. The first-order valence-electron chi connectivity index (χ1n) is 10.1. The Hall–Kier alpha value is -3.40. The average molecular weight is 481 g/mol. The fourth-order valence-corrected chi connectivity index (χ4v) is 3.75. The Kier molecular flexibility index (Phi) is 7.70. The molecule has 0 bridgehead atoms. The second-order valence-corrected chi connectivity index (χ2v) is 7.90. The van der Waals surface area contributed by atoms with Crippen molar-refractivity contribution in [1.29, 1.82) is 0 Å². The molecule has 2 aromatic rings. The quantitative estimate of drug-likeness (QED) is 0.663. The van der Waals surface area contributed by atoms with Crippen LogP contribution in [0.4, 0.5) is 19.3 Å². The van der Waals surface area contributed by atoms with E-state index in [9.17, 15) is 23.2 Å². The number of amides is 4. The van der Waals surface area contributed by atoms with Gasteiger partial charge in [0.05, 0.1) is 17.1 Å². The molecule has 1 heterocycles. The van der Waals surface area contributed by atoms with Gasteiger partial charge in [0, 0.05) is 24.8 Å². The number of benzene rings is 2. The molecule has 0 spiro atoms. The number of carbonyl (C=O) groups is 3. The lowest BCUT2D eigenvalue weighted by molar-refractivity contribution is -0.117. The topological polar surface area (TPSA) is 105 Å². The van der Waals surface area contributed by atoms with Gasteiger partial charge < -0.3 is 25.6 Å². The van der Waals surface area contributed by atoms with Crippen LogP contribution in [-0.2, 0) is 11.3 Å². The zero-order valence-corrected chi connectivity index (χ0v) is 18.5. The lowest BCUT2D eigenvalue weighted by atomic mass is 10.1. The van der Waals surface area contributed by atoms with Crippen molar-refractivity contribution in [2.24, 2.45) is 5.73 Å². The molecule has 8 nitrogen and oxygen atoms in total. The number of hydrogen-bond acceptors (Lipinski definition) is 4. The number of ether oxygens (including phenoxy) is 1. The van der Waals surface area contributed by atoms with E-state index in [2.05, 4.69) is 5.32 Å². The number of primary amides is 1. The van der Waals surface area contributed by atoms with Gasteiger partial charge in [0.15, 0.2) is 0 Å². The van der Waals surface area contributed by atoms with Crippen LogP contribution in [0.3, 0.4) is 0 Å². The number of carbonyl (C=O) groups excluding carboxylic acids is 3. The molecule has 0 saturated heterocycles. The summed E-state index contributed by atoms with van der Waals surface area (Å²) in [6.07, 6.45) is -2.64. The monoisotopic (exact) mass is 480 g/mol. The van der Waals surface area contributed by atoms with Crippen molar-refractivity contribution in [1.82, 2.24) is 10.2 Å².